The summed E-state index contributed by atoms with van der Waals surface area (Å²) in [6.45, 7) is 3.05. The summed E-state index contributed by atoms with van der Waals surface area (Å²) in [4.78, 5) is 11.1. The molecule has 0 aliphatic carbocycles. The minimum absolute atomic E-state index is 0.00713. The molecule has 0 aromatic carbocycles. The smallest absolute Gasteiger partial charge is 0.307 e. The van der Waals surface area contributed by atoms with Crippen LogP contribution in [0.15, 0.2) is 0 Å². The van der Waals surface area contributed by atoms with Crippen LogP contribution in [0.5, 0.6) is 0 Å². The number of aliphatic carboxylic acids is 1. The van der Waals surface area contributed by atoms with E-state index in [0.717, 1.165) is 25.7 Å². The van der Waals surface area contributed by atoms with E-state index < -0.39 is 22.1 Å². The molecule has 0 amide bonds. The number of carboxylic acid groups (broad SMARTS) is 1. The molecule has 2 aliphatic rings. The van der Waals surface area contributed by atoms with Gasteiger partial charge < -0.3 is 5.11 Å². The van der Waals surface area contributed by atoms with Crippen molar-refractivity contribution in [3.63, 3.8) is 0 Å². The first-order valence-corrected chi connectivity index (χ1v) is 8.82. The SMILES string of the molecule is CC1CCCCCN1S(=O)(=O)N1CCCC(C(=O)O)C1. The van der Waals surface area contributed by atoms with Gasteiger partial charge in [0, 0.05) is 25.7 Å². The van der Waals surface area contributed by atoms with E-state index >= 15 is 0 Å². The van der Waals surface area contributed by atoms with Gasteiger partial charge in [0.25, 0.3) is 10.2 Å². The third kappa shape index (κ3) is 3.32. The van der Waals surface area contributed by atoms with E-state index in [1.807, 2.05) is 6.92 Å². The summed E-state index contributed by atoms with van der Waals surface area (Å²) >= 11 is 0. The number of hydrogen-bond acceptors (Lipinski definition) is 3. The standard InChI is InChI=1S/C13H24N2O4S/c1-11-6-3-2-4-9-15(11)20(18,19)14-8-5-7-12(10-14)13(16)17/h11-12H,2-10H2,1H3,(H,16,17). The number of nitrogens with zero attached hydrogens (tertiary/aromatic N) is 2. The van der Waals surface area contributed by atoms with Crippen LogP contribution < -0.4 is 0 Å². The van der Waals surface area contributed by atoms with Crippen LogP contribution in [0.3, 0.4) is 0 Å². The van der Waals surface area contributed by atoms with Crippen LogP contribution in [-0.2, 0) is 15.0 Å². The van der Waals surface area contributed by atoms with Crippen LogP contribution in [0.25, 0.3) is 0 Å². The Hall–Kier alpha value is -0.660. The third-order valence-corrected chi connectivity index (χ3v) is 6.47. The van der Waals surface area contributed by atoms with Crippen LogP contribution in [0.4, 0.5) is 0 Å². The van der Waals surface area contributed by atoms with E-state index in [9.17, 15) is 13.2 Å². The van der Waals surface area contributed by atoms with Crippen molar-refractivity contribution in [2.45, 2.75) is 51.5 Å². The minimum atomic E-state index is -3.52. The second kappa shape index (κ2) is 6.41. The number of carbonyl (C=O) groups is 1. The van der Waals surface area contributed by atoms with Crippen LogP contribution in [0.1, 0.15) is 45.4 Å². The fraction of sp³-hybridized carbons (Fsp3) is 0.923. The van der Waals surface area contributed by atoms with Crippen molar-refractivity contribution >= 4 is 16.2 Å². The van der Waals surface area contributed by atoms with E-state index in [0.29, 0.717) is 25.9 Å². The molecule has 116 valence electrons. The maximum atomic E-state index is 12.7. The molecule has 0 saturated carbocycles. The fourth-order valence-corrected chi connectivity index (χ4v) is 5.04. The van der Waals surface area contributed by atoms with Gasteiger partial charge in [0.2, 0.25) is 0 Å². The maximum Gasteiger partial charge on any atom is 0.307 e. The quantitative estimate of drug-likeness (QED) is 0.852. The first kappa shape index (κ1) is 15.7. The Kier molecular flexibility index (Phi) is 5.04. The molecule has 6 nitrogen and oxygen atoms in total. The maximum absolute atomic E-state index is 12.7. The summed E-state index contributed by atoms with van der Waals surface area (Å²) in [6, 6.07) is 0.00713. The van der Waals surface area contributed by atoms with Crippen molar-refractivity contribution < 1.29 is 18.3 Å². The second-order valence-corrected chi connectivity index (χ2v) is 7.73. The largest absolute Gasteiger partial charge is 0.481 e. The molecule has 2 unspecified atom stereocenters. The zero-order valence-electron chi connectivity index (χ0n) is 12.0. The van der Waals surface area contributed by atoms with Gasteiger partial charge >= 0.3 is 5.97 Å². The molecule has 2 saturated heterocycles. The number of piperidine rings is 1. The highest BCUT2D eigenvalue weighted by Gasteiger charge is 2.37. The molecular weight excluding hydrogens is 280 g/mol. The van der Waals surface area contributed by atoms with Crippen molar-refractivity contribution in [3.8, 4) is 0 Å². The fourth-order valence-electron chi connectivity index (χ4n) is 3.09. The molecular formula is C13H24N2O4S. The molecule has 0 aromatic heterocycles. The molecule has 20 heavy (non-hydrogen) atoms. The molecule has 2 atom stereocenters. The molecule has 2 aliphatic heterocycles. The number of carboxylic acids is 1. The van der Waals surface area contributed by atoms with Gasteiger partial charge in [-0.1, -0.05) is 12.8 Å². The van der Waals surface area contributed by atoms with E-state index in [1.54, 1.807) is 4.31 Å². The Morgan fingerprint density at radius 2 is 1.85 bits per heavy atom. The zero-order valence-corrected chi connectivity index (χ0v) is 12.8. The molecule has 2 heterocycles. The normalized spacial score (nSPS) is 30.9. The van der Waals surface area contributed by atoms with Gasteiger partial charge in [-0.25, -0.2) is 0 Å². The molecule has 1 N–H and O–H groups in total. The third-order valence-electron chi connectivity index (χ3n) is 4.35. The Morgan fingerprint density at radius 3 is 2.55 bits per heavy atom. The van der Waals surface area contributed by atoms with Crippen LogP contribution in [-0.4, -0.2) is 53.8 Å². The van der Waals surface area contributed by atoms with Crippen molar-refractivity contribution in [1.29, 1.82) is 0 Å². The topological polar surface area (TPSA) is 77.9 Å². The monoisotopic (exact) mass is 304 g/mol. The van der Waals surface area contributed by atoms with Gasteiger partial charge in [0.1, 0.15) is 0 Å². The van der Waals surface area contributed by atoms with Gasteiger partial charge in [0.15, 0.2) is 0 Å². The lowest BCUT2D eigenvalue weighted by Gasteiger charge is -2.36. The molecule has 0 spiro atoms. The lowest BCUT2D eigenvalue weighted by atomic mass is 10.0. The predicted octanol–water partition coefficient (Wildman–Crippen LogP) is 1.29. The summed E-state index contributed by atoms with van der Waals surface area (Å²) in [7, 11) is -3.52. The molecule has 0 bridgehead atoms. The molecule has 7 heteroatoms. The Balaban J connectivity index is 2.14. The van der Waals surface area contributed by atoms with Crippen molar-refractivity contribution in [1.82, 2.24) is 8.61 Å². The Morgan fingerprint density at radius 1 is 1.10 bits per heavy atom. The molecule has 0 radical (unpaired) electrons. The average Bonchev–Trinajstić information content (AvgIpc) is 2.64. The van der Waals surface area contributed by atoms with Crippen LogP contribution in [0, 0.1) is 5.92 Å². The van der Waals surface area contributed by atoms with Crippen LogP contribution in [0.2, 0.25) is 0 Å². The average molecular weight is 304 g/mol. The minimum Gasteiger partial charge on any atom is -0.481 e. The van der Waals surface area contributed by atoms with E-state index in [4.69, 9.17) is 5.11 Å². The van der Waals surface area contributed by atoms with Gasteiger partial charge in [-0.2, -0.15) is 17.0 Å². The van der Waals surface area contributed by atoms with Gasteiger partial charge in [-0.3, -0.25) is 4.79 Å². The molecule has 2 fully saturated rings. The van der Waals surface area contributed by atoms with Gasteiger partial charge in [-0.15, -0.1) is 0 Å². The summed E-state index contributed by atoms with van der Waals surface area (Å²) in [5.74, 6) is -1.46. The van der Waals surface area contributed by atoms with E-state index in [-0.39, 0.29) is 12.6 Å². The van der Waals surface area contributed by atoms with E-state index in [2.05, 4.69) is 0 Å². The Bertz CT molecular complexity index is 451. The first-order chi connectivity index (χ1) is 9.43. The lowest BCUT2D eigenvalue weighted by molar-refractivity contribution is -0.142. The molecule has 2 rings (SSSR count). The van der Waals surface area contributed by atoms with Crippen molar-refractivity contribution in [2.75, 3.05) is 19.6 Å². The summed E-state index contributed by atoms with van der Waals surface area (Å²) in [5.41, 5.74) is 0. The lowest BCUT2D eigenvalue weighted by Crippen LogP contribution is -2.51. The summed E-state index contributed by atoms with van der Waals surface area (Å²) in [6.07, 6.45) is 5.09. The van der Waals surface area contributed by atoms with E-state index in [1.165, 1.54) is 4.31 Å². The highest BCUT2D eigenvalue weighted by atomic mass is 32.2. The second-order valence-electron chi connectivity index (χ2n) is 5.85. The zero-order chi connectivity index (χ0) is 14.8. The number of hydrogen-bond donors (Lipinski definition) is 1. The van der Waals surface area contributed by atoms with Crippen LogP contribution >= 0.6 is 0 Å². The summed E-state index contributed by atoms with van der Waals surface area (Å²) in [5, 5.41) is 9.09. The highest BCUT2D eigenvalue weighted by molar-refractivity contribution is 7.86. The van der Waals surface area contributed by atoms with Crippen molar-refractivity contribution in [2.24, 2.45) is 5.92 Å². The van der Waals surface area contributed by atoms with Gasteiger partial charge in [-0.05, 0) is 32.6 Å². The van der Waals surface area contributed by atoms with Gasteiger partial charge in [0.05, 0.1) is 5.92 Å². The van der Waals surface area contributed by atoms with Crippen molar-refractivity contribution in [3.05, 3.63) is 0 Å². The number of rotatable bonds is 3. The Labute approximate surface area is 120 Å². The highest BCUT2D eigenvalue weighted by Crippen LogP contribution is 2.26. The summed E-state index contributed by atoms with van der Waals surface area (Å²) < 4.78 is 28.4. The predicted molar refractivity (Wildman–Crippen MR) is 75.5 cm³/mol. The molecule has 0 aromatic rings. The first-order valence-electron chi connectivity index (χ1n) is 7.42.